The minimum Gasteiger partial charge on any atom is -0.489 e. The number of nitrogens with two attached hydrogens (primary N) is 1. The van der Waals surface area contributed by atoms with Crippen LogP contribution in [0.5, 0.6) is 5.75 Å². The molecule has 5 heteroatoms. The first kappa shape index (κ1) is 16.3. The lowest BCUT2D eigenvalue weighted by Crippen LogP contribution is -2.44. The predicted octanol–water partition coefficient (Wildman–Crippen LogP) is 2.41. The molecular weight excluding hydrogens is 302 g/mol. The Morgan fingerprint density at radius 2 is 1.67 bits per heavy atom. The van der Waals surface area contributed by atoms with Crippen molar-refractivity contribution in [1.29, 1.82) is 0 Å². The lowest BCUT2D eigenvalue weighted by molar-refractivity contribution is 0.0674. The summed E-state index contributed by atoms with van der Waals surface area (Å²) < 4.78 is 11.1. The van der Waals surface area contributed by atoms with Crippen LogP contribution in [0.1, 0.15) is 11.1 Å². The Labute approximate surface area is 142 Å². The van der Waals surface area contributed by atoms with Crippen LogP contribution in [0.2, 0.25) is 0 Å². The van der Waals surface area contributed by atoms with E-state index in [4.69, 9.17) is 15.2 Å². The van der Waals surface area contributed by atoms with E-state index in [1.807, 2.05) is 30.3 Å². The first-order valence-electron chi connectivity index (χ1n) is 8.19. The monoisotopic (exact) mass is 325 g/mol. The molecule has 0 aliphatic carbocycles. The lowest BCUT2D eigenvalue weighted by Gasteiger charge is -2.27. The maximum absolute atomic E-state index is 6.04. The van der Waals surface area contributed by atoms with Crippen LogP contribution in [0, 0.1) is 0 Å². The van der Waals surface area contributed by atoms with E-state index in [1.165, 1.54) is 0 Å². The van der Waals surface area contributed by atoms with Crippen LogP contribution in [-0.2, 0) is 17.9 Å². The second kappa shape index (κ2) is 8.36. The summed E-state index contributed by atoms with van der Waals surface area (Å²) in [6.07, 6.45) is 0. The van der Waals surface area contributed by atoms with Gasteiger partial charge in [-0.2, -0.15) is 0 Å². The normalized spacial score (nSPS) is 15.3. The molecule has 126 valence electrons. The minimum absolute atomic E-state index is 0.559. The van der Waals surface area contributed by atoms with Crippen molar-refractivity contribution in [3.05, 3.63) is 65.7 Å². The third kappa shape index (κ3) is 4.73. The average Bonchev–Trinajstić information content (AvgIpc) is 2.67. The second-order valence-electron chi connectivity index (χ2n) is 5.69. The van der Waals surface area contributed by atoms with Crippen molar-refractivity contribution in [2.45, 2.75) is 13.2 Å². The largest absolute Gasteiger partial charge is 0.489 e. The van der Waals surface area contributed by atoms with Crippen LogP contribution < -0.4 is 10.5 Å². The van der Waals surface area contributed by atoms with Gasteiger partial charge in [0, 0.05) is 13.1 Å². The standard InChI is InChI=1S/C19H23N3O2/c20-19(22-10-12-23-13-11-22)21-14-16-6-8-17(9-7-16)15-24-18-4-2-1-3-5-18/h1-9H,10-15H2,(H2,20,21). The molecule has 0 saturated carbocycles. The minimum atomic E-state index is 0.559. The molecular formula is C19H23N3O2. The number of guanidine groups is 1. The van der Waals surface area contributed by atoms with Gasteiger partial charge in [0.15, 0.2) is 5.96 Å². The van der Waals surface area contributed by atoms with E-state index in [1.54, 1.807) is 0 Å². The Morgan fingerprint density at radius 3 is 2.38 bits per heavy atom. The summed E-state index contributed by atoms with van der Waals surface area (Å²) >= 11 is 0. The molecule has 1 aliphatic heterocycles. The molecule has 2 aromatic rings. The van der Waals surface area contributed by atoms with Gasteiger partial charge in [0.25, 0.3) is 0 Å². The summed E-state index contributed by atoms with van der Waals surface area (Å²) in [5.74, 6) is 1.47. The van der Waals surface area contributed by atoms with E-state index in [-0.39, 0.29) is 0 Å². The van der Waals surface area contributed by atoms with Crippen molar-refractivity contribution in [2.24, 2.45) is 10.7 Å². The Morgan fingerprint density at radius 1 is 1.00 bits per heavy atom. The van der Waals surface area contributed by atoms with Gasteiger partial charge in [-0.25, -0.2) is 4.99 Å². The first-order valence-corrected chi connectivity index (χ1v) is 8.19. The predicted molar refractivity (Wildman–Crippen MR) is 94.9 cm³/mol. The number of hydrogen-bond donors (Lipinski definition) is 1. The van der Waals surface area contributed by atoms with Gasteiger partial charge in [0.2, 0.25) is 0 Å². The Kier molecular flexibility index (Phi) is 5.69. The highest BCUT2D eigenvalue weighted by molar-refractivity contribution is 5.78. The molecule has 3 rings (SSSR count). The average molecular weight is 325 g/mol. The molecule has 0 spiro atoms. The SMILES string of the molecule is NC(=NCc1ccc(COc2ccccc2)cc1)N1CCOCC1. The number of hydrogen-bond acceptors (Lipinski definition) is 3. The Hall–Kier alpha value is -2.53. The highest BCUT2D eigenvalue weighted by Gasteiger charge is 2.11. The molecule has 1 fully saturated rings. The van der Waals surface area contributed by atoms with Gasteiger partial charge >= 0.3 is 0 Å². The van der Waals surface area contributed by atoms with E-state index >= 15 is 0 Å². The van der Waals surface area contributed by atoms with Gasteiger partial charge in [-0.1, -0.05) is 42.5 Å². The molecule has 1 saturated heterocycles. The third-order valence-corrected chi connectivity index (χ3v) is 3.93. The number of aliphatic imine (C=N–C) groups is 1. The molecule has 1 heterocycles. The van der Waals surface area contributed by atoms with E-state index in [9.17, 15) is 0 Å². The van der Waals surface area contributed by atoms with Crippen LogP contribution in [-0.4, -0.2) is 37.2 Å². The molecule has 1 aliphatic rings. The number of para-hydroxylation sites is 1. The number of ether oxygens (including phenoxy) is 2. The molecule has 5 nitrogen and oxygen atoms in total. The Bertz CT molecular complexity index is 650. The fourth-order valence-electron chi connectivity index (χ4n) is 2.49. The van der Waals surface area contributed by atoms with Crippen LogP contribution in [0.15, 0.2) is 59.6 Å². The van der Waals surface area contributed by atoms with Gasteiger partial charge in [-0.15, -0.1) is 0 Å². The van der Waals surface area contributed by atoms with Crippen LogP contribution in [0.4, 0.5) is 0 Å². The number of nitrogens with zero attached hydrogens (tertiary/aromatic N) is 2. The molecule has 24 heavy (non-hydrogen) atoms. The van der Waals surface area contributed by atoms with E-state index in [2.05, 4.69) is 34.2 Å². The second-order valence-corrected chi connectivity index (χ2v) is 5.69. The van der Waals surface area contributed by atoms with Crippen molar-refractivity contribution < 1.29 is 9.47 Å². The number of morpholine rings is 1. The fraction of sp³-hybridized carbons (Fsp3) is 0.316. The first-order chi connectivity index (χ1) is 11.8. The van der Waals surface area contributed by atoms with Crippen LogP contribution in [0.25, 0.3) is 0 Å². The van der Waals surface area contributed by atoms with Gasteiger partial charge < -0.3 is 20.1 Å². The summed E-state index contributed by atoms with van der Waals surface area (Å²) in [7, 11) is 0. The van der Waals surface area contributed by atoms with Gasteiger partial charge in [0.05, 0.1) is 19.8 Å². The molecule has 0 amide bonds. The molecule has 0 unspecified atom stereocenters. The van der Waals surface area contributed by atoms with Crippen molar-refractivity contribution in [2.75, 3.05) is 26.3 Å². The number of rotatable bonds is 5. The molecule has 0 bridgehead atoms. The molecule has 2 N–H and O–H groups in total. The zero-order valence-electron chi connectivity index (χ0n) is 13.7. The summed E-state index contributed by atoms with van der Waals surface area (Å²) in [5.41, 5.74) is 8.30. The smallest absolute Gasteiger partial charge is 0.191 e. The number of benzene rings is 2. The highest BCUT2D eigenvalue weighted by atomic mass is 16.5. The van der Waals surface area contributed by atoms with Crippen molar-refractivity contribution in [3.63, 3.8) is 0 Å². The summed E-state index contributed by atoms with van der Waals surface area (Å²) in [5, 5.41) is 0. The maximum Gasteiger partial charge on any atom is 0.191 e. The lowest BCUT2D eigenvalue weighted by atomic mass is 10.1. The molecule has 2 aromatic carbocycles. The Balaban J connectivity index is 1.50. The van der Waals surface area contributed by atoms with Crippen molar-refractivity contribution in [3.8, 4) is 5.75 Å². The summed E-state index contributed by atoms with van der Waals surface area (Å²) in [6.45, 7) is 4.20. The zero-order valence-corrected chi connectivity index (χ0v) is 13.7. The maximum atomic E-state index is 6.04. The van der Waals surface area contributed by atoms with Crippen LogP contribution >= 0.6 is 0 Å². The topological polar surface area (TPSA) is 60.1 Å². The molecule has 0 aromatic heterocycles. The summed E-state index contributed by atoms with van der Waals surface area (Å²) in [4.78, 5) is 6.54. The highest BCUT2D eigenvalue weighted by Crippen LogP contribution is 2.12. The van der Waals surface area contributed by atoms with Gasteiger partial charge in [-0.05, 0) is 23.3 Å². The fourth-order valence-corrected chi connectivity index (χ4v) is 2.49. The zero-order chi connectivity index (χ0) is 16.6. The van der Waals surface area contributed by atoms with Crippen molar-refractivity contribution >= 4 is 5.96 Å². The van der Waals surface area contributed by atoms with E-state index in [0.717, 1.165) is 30.0 Å². The van der Waals surface area contributed by atoms with E-state index < -0.39 is 0 Å². The van der Waals surface area contributed by atoms with Crippen molar-refractivity contribution in [1.82, 2.24) is 4.90 Å². The summed E-state index contributed by atoms with van der Waals surface area (Å²) in [6, 6.07) is 18.1. The molecule has 0 radical (unpaired) electrons. The molecule has 0 atom stereocenters. The van der Waals surface area contributed by atoms with Gasteiger partial charge in [-0.3, -0.25) is 0 Å². The third-order valence-electron chi connectivity index (χ3n) is 3.93. The quantitative estimate of drug-likeness (QED) is 0.677. The van der Waals surface area contributed by atoms with Crippen LogP contribution in [0.3, 0.4) is 0 Å². The van der Waals surface area contributed by atoms with Gasteiger partial charge in [0.1, 0.15) is 12.4 Å². The van der Waals surface area contributed by atoms with E-state index in [0.29, 0.717) is 32.3 Å².